The van der Waals surface area contributed by atoms with Crippen LogP contribution in [0.2, 0.25) is 10.0 Å². The fraction of sp³-hybridized carbons (Fsp3) is 0.438. The number of hydrogen-bond acceptors (Lipinski definition) is 4. The molecule has 0 bridgehead atoms. The number of nitrogens with zero attached hydrogens (tertiary/aromatic N) is 3. The minimum atomic E-state index is -0.323. The number of rotatable bonds is 4. The summed E-state index contributed by atoms with van der Waals surface area (Å²) in [5.74, 6) is 0.871. The number of nitrogens with one attached hydrogen (secondary N) is 1. The van der Waals surface area contributed by atoms with Gasteiger partial charge >= 0.3 is 0 Å². The first-order valence-corrected chi connectivity index (χ1v) is 9.53. The summed E-state index contributed by atoms with van der Waals surface area (Å²) in [5.41, 5.74) is 0.515. The van der Waals surface area contributed by atoms with Gasteiger partial charge < -0.3 is 9.88 Å². The third-order valence-electron chi connectivity index (χ3n) is 3.91. The molecule has 1 aromatic carbocycles. The number of hydrogen-bond donors (Lipinski definition) is 1. The summed E-state index contributed by atoms with van der Waals surface area (Å²) in [4.78, 5) is 12.4. The van der Waals surface area contributed by atoms with E-state index >= 15 is 0 Å². The molecular weight excluding hydrogens is 367 g/mol. The first-order valence-electron chi connectivity index (χ1n) is 7.89. The third-order valence-corrected chi connectivity index (χ3v) is 5.56. The highest BCUT2D eigenvalue weighted by molar-refractivity contribution is 8.00. The molecule has 1 aromatic heterocycles. The molecule has 5 nitrogen and oxygen atoms in total. The van der Waals surface area contributed by atoms with Crippen molar-refractivity contribution in [3.8, 4) is 0 Å². The van der Waals surface area contributed by atoms with Crippen molar-refractivity contribution in [2.75, 3.05) is 5.32 Å². The van der Waals surface area contributed by atoms with Crippen molar-refractivity contribution < 1.29 is 4.79 Å². The maximum absolute atomic E-state index is 12.4. The second-order valence-electron chi connectivity index (χ2n) is 5.73. The first-order chi connectivity index (χ1) is 11.5. The highest BCUT2D eigenvalue weighted by Gasteiger charge is 2.21. The van der Waals surface area contributed by atoms with Crippen LogP contribution in [0.3, 0.4) is 0 Å². The normalized spacial score (nSPS) is 15.5. The van der Waals surface area contributed by atoms with E-state index in [2.05, 4.69) is 20.1 Å². The Morgan fingerprint density at radius 1 is 1.29 bits per heavy atom. The summed E-state index contributed by atoms with van der Waals surface area (Å²) in [6, 6.07) is 4.99. The van der Waals surface area contributed by atoms with Crippen molar-refractivity contribution in [1.29, 1.82) is 0 Å². The van der Waals surface area contributed by atoms with Gasteiger partial charge in [-0.25, -0.2) is 0 Å². The van der Waals surface area contributed by atoms with Crippen molar-refractivity contribution in [2.45, 2.75) is 49.6 Å². The number of halogens is 2. The van der Waals surface area contributed by atoms with E-state index < -0.39 is 0 Å². The van der Waals surface area contributed by atoms with Gasteiger partial charge in [-0.2, -0.15) is 0 Å². The van der Waals surface area contributed by atoms with Crippen molar-refractivity contribution in [3.63, 3.8) is 0 Å². The number of anilines is 1. The molecule has 0 spiro atoms. The molecular formula is C16H18Cl2N4OS. The van der Waals surface area contributed by atoms with Crippen LogP contribution in [0.5, 0.6) is 0 Å². The molecule has 0 saturated carbocycles. The van der Waals surface area contributed by atoms with Crippen LogP contribution >= 0.6 is 35.0 Å². The molecule has 0 radical (unpaired) electrons. The lowest BCUT2D eigenvalue weighted by atomic mass is 10.2. The summed E-state index contributed by atoms with van der Waals surface area (Å²) in [7, 11) is 0. The van der Waals surface area contributed by atoms with Crippen molar-refractivity contribution in [2.24, 2.45) is 0 Å². The Morgan fingerprint density at radius 3 is 2.96 bits per heavy atom. The summed E-state index contributed by atoms with van der Waals surface area (Å²) in [6.45, 7) is 2.76. The number of aromatic nitrogens is 3. The lowest BCUT2D eigenvalue weighted by molar-refractivity contribution is -0.115. The van der Waals surface area contributed by atoms with Gasteiger partial charge in [0, 0.05) is 18.0 Å². The van der Waals surface area contributed by atoms with Crippen LogP contribution in [-0.4, -0.2) is 25.9 Å². The minimum absolute atomic E-state index is 0.143. The zero-order chi connectivity index (χ0) is 17.1. The van der Waals surface area contributed by atoms with E-state index in [4.69, 9.17) is 23.2 Å². The lowest BCUT2D eigenvalue weighted by Gasteiger charge is -2.13. The zero-order valence-electron chi connectivity index (χ0n) is 13.3. The summed E-state index contributed by atoms with van der Waals surface area (Å²) >= 11 is 13.5. The number of fused-ring (bicyclic) bond motifs is 1. The molecule has 8 heteroatoms. The SMILES string of the molecule is C[C@H](Sc1nnc2n1CCCCC2)C(=O)Nc1cc(Cl)ccc1Cl. The molecule has 1 amide bonds. The fourth-order valence-electron chi connectivity index (χ4n) is 2.58. The Labute approximate surface area is 155 Å². The van der Waals surface area contributed by atoms with Gasteiger partial charge in [-0.15, -0.1) is 10.2 Å². The van der Waals surface area contributed by atoms with Crippen LogP contribution < -0.4 is 5.32 Å². The number of carbonyl (C=O) groups is 1. The van der Waals surface area contributed by atoms with E-state index in [9.17, 15) is 4.79 Å². The van der Waals surface area contributed by atoms with Gasteiger partial charge in [-0.1, -0.05) is 41.4 Å². The maximum Gasteiger partial charge on any atom is 0.237 e. The minimum Gasteiger partial charge on any atom is -0.324 e. The molecule has 1 atom stereocenters. The Balaban J connectivity index is 1.68. The van der Waals surface area contributed by atoms with Crippen molar-refractivity contribution >= 4 is 46.6 Å². The van der Waals surface area contributed by atoms with Crippen LogP contribution in [0, 0.1) is 0 Å². The number of benzene rings is 1. The van der Waals surface area contributed by atoms with Crippen LogP contribution in [0.15, 0.2) is 23.4 Å². The van der Waals surface area contributed by atoms with E-state index in [1.807, 2.05) is 6.92 Å². The molecule has 1 aliphatic heterocycles. The molecule has 24 heavy (non-hydrogen) atoms. The van der Waals surface area contributed by atoms with E-state index in [1.165, 1.54) is 18.2 Å². The van der Waals surface area contributed by atoms with Crippen LogP contribution in [0.1, 0.15) is 32.0 Å². The van der Waals surface area contributed by atoms with E-state index in [0.29, 0.717) is 15.7 Å². The second kappa shape index (κ2) is 7.76. The average molecular weight is 385 g/mol. The van der Waals surface area contributed by atoms with Gasteiger partial charge in [0.2, 0.25) is 5.91 Å². The van der Waals surface area contributed by atoms with Crippen molar-refractivity contribution in [3.05, 3.63) is 34.1 Å². The predicted octanol–water partition coefficient (Wildman–Crippen LogP) is 4.43. The molecule has 0 aliphatic carbocycles. The monoisotopic (exact) mass is 384 g/mol. The van der Waals surface area contributed by atoms with Gasteiger partial charge in [-0.05, 0) is 38.0 Å². The smallest absolute Gasteiger partial charge is 0.237 e. The van der Waals surface area contributed by atoms with Gasteiger partial charge in [0.25, 0.3) is 0 Å². The number of aryl methyl sites for hydroxylation is 1. The number of amides is 1. The molecule has 2 aromatic rings. The Morgan fingerprint density at radius 2 is 2.12 bits per heavy atom. The highest BCUT2D eigenvalue weighted by atomic mass is 35.5. The molecule has 128 valence electrons. The Hall–Kier alpha value is -1.24. The summed E-state index contributed by atoms with van der Waals surface area (Å²) in [6.07, 6.45) is 4.42. The van der Waals surface area contributed by atoms with Crippen LogP contribution in [0.25, 0.3) is 0 Å². The standard InChI is InChI=1S/C16H18Cl2N4OS/c1-10(15(23)19-13-9-11(17)6-7-12(13)18)24-16-21-20-14-5-3-2-4-8-22(14)16/h6-7,9-10H,2-5,8H2,1H3,(H,19,23)/t10-/m0/s1. The van der Waals surface area contributed by atoms with E-state index in [0.717, 1.165) is 36.8 Å². The van der Waals surface area contributed by atoms with Crippen LogP contribution in [0.4, 0.5) is 5.69 Å². The van der Waals surface area contributed by atoms with E-state index in [-0.39, 0.29) is 11.2 Å². The number of carbonyl (C=O) groups excluding carboxylic acids is 1. The zero-order valence-corrected chi connectivity index (χ0v) is 15.6. The number of thioether (sulfide) groups is 1. The lowest BCUT2D eigenvalue weighted by Crippen LogP contribution is -2.23. The van der Waals surface area contributed by atoms with Gasteiger partial charge in [0.05, 0.1) is 16.0 Å². The molecule has 0 fully saturated rings. The predicted molar refractivity (Wildman–Crippen MR) is 98.0 cm³/mol. The molecule has 0 unspecified atom stereocenters. The van der Waals surface area contributed by atoms with Crippen LogP contribution in [-0.2, 0) is 17.8 Å². The average Bonchev–Trinajstić information content (AvgIpc) is 2.78. The van der Waals surface area contributed by atoms with Gasteiger partial charge in [-0.3, -0.25) is 4.79 Å². The molecule has 0 saturated heterocycles. The Kier molecular flexibility index (Phi) is 5.69. The quantitative estimate of drug-likeness (QED) is 0.791. The highest BCUT2D eigenvalue weighted by Crippen LogP contribution is 2.28. The summed E-state index contributed by atoms with van der Waals surface area (Å²) in [5, 5.41) is 12.8. The van der Waals surface area contributed by atoms with Gasteiger partial charge in [0.1, 0.15) is 5.82 Å². The van der Waals surface area contributed by atoms with Gasteiger partial charge in [0.15, 0.2) is 5.16 Å². The molecule has 1 aliphatic rings. The van der Waals surface area contributed by atoms with E-state index in [1.54, 1.807) is 18.2 Å². The maximum atomic E-state index is 12.4. The fourth-order valence-corrected chi connectivity index (χ4v) is 3.82. The molecule has 2 heterocycles. The molecule has 1 N–H and O–H groups in total. The third kappa shape index (κ3) is 4.05. The van der Waals surface area contributed by atoms with Crippen molar-refractivity contribution in [1.82, 2.24) is 14.8 Å². The topological polar surface area (TPSA) is 59.8 Å². The molecule has 3 rings (SSSR count). The summed E-state index contributed by atoms with van der Waals surface area (Å²) < 4.78 is 2.13. The second-order valence-corrected chi connectivity index (χ2v) is 7.89. The Bertz CT molecular complexity index is 750. The first kappa shape index (κ1) is 17.6. The largest absolute Gasteiger partial charge is 0.324 e.